The second-order valence-electron chi connectivity index (χ2n) is 6.07. The summed E-state index contributed by atoms with van der Waals surface area (Å²) >= 11 is 5.90. The summed E-state index contributed by atoms with van der Waals surface area (Å²) in [6.07, 6.45) is 0. The predicted octanol–water partition coefficient (Wildman–Crippen LogP) is 2.95. The van der Waals surface area contributed by atoms with Crippen LogP contribution in [-0.2, 0) is 9.59 Å². The van der Waals surface area contributed by atoms with Gasteiger partial charge in [0.2, 0.25) is 5.91 Å². The molecule has 0 heterocycles. The smallest absolute Gasteiger partial charge is 0.282 e. The molecule has 0 saturated heterocycles. The molecule has 0 bridgehead atoms. The van der Waals surface area contributed by atoms with Gasteiger partial charge in [0.15, 0.2) is 6.04 Å². The summed E-state index contributed by atoms with van der Waals surface area (Å²) in [5.74, 6) is -0.204. The summed E-state index contributed by atoms with van der Waals surface area (Å²) in [6, 6.07) is 14.6. The molecule has 132 valence electrons. The van der Waals surface area contributed by atoms with Crippen LogP contribution in [0.5, 0.6) is 0 Å². The van der Waals surface area contributed by atoms with Crippen molar-refractivity contribution in [1.82, 2.24) is 0 Å². The van der Waals surface area contributed by atoms with Crippen LogP contribution in [0.4, 0.5) is 11.4 Å². The van der Waals surface area contributed by atoms with E-state index in [0.29, 0.717) is 16.4 Å². The molecule has 2 aromatic carbocycles. The van der Waals surface area contributed by atoms with E-state index < -0.39 is 0 Å². The number of quaternary nitrogens is 1. The molecule has 0 aliphatic carbocycles. The predicted molar refractivity (Wildman–Crippen MR) is 101 cm³/mol. The molecule has 0 unspecified atom stereocenters. The Hall–Kier alpha value is -2.37. The number of hydrogen-bond donors (Lipinski definition) is 3. The quantitative estimate of drug-likeness (QED) is 0.740. The van der Waals surface area contributed by atoms with Gasteiger partial charge in [0.05, 0.1) is 0 Å². The van der Waals surface area contributed by atoms with Crippen molar-refractivity contribution in [3.63, 3.8) is 0 Å². The lowest BCUT2D eigenvalue weighted by Gasteiger charge is -2.17. The normalized spacial score (nSPS) is 13.0. The first kappa shape index (κ1) is 19.0. The molecule has 0 radical (unpaired) electrons. The van der Waals surface area contributed by atoms with Crippen molar-refractivity contribution in [2.75, 3.05) is 10.6 Å². The fraction of sp³-hybridized carbons (Fsp3) is 0.263. The van der Waals surface area contributed by atoms with Gasteiger partial charge in [-0.1, -0.05) is 23.7 Å². The third-order valence-electron chi connectivity index (χ3n) is 3.86. The molecule has 2 atom stereocenters. The van der Waals surface area contributed by atoms with Crippen LogP contribution in [0.15, 0.2) is 48.5 Å². The van der Waals surface area contributed by atoms with E-state index in [-0.39, 0.29) is 23.9 Å². The van der Waals surface area contributed by atoms with Crippen molar-refractivity contribution in [2.45, 2.75) is 32.9 Å². The van der Waals surface area contributed by atoms with Crippen LogP contribution in [0.3, 0.4) is 0 Å². The van der Waals surface area contributed by atoms with Crippen molar-refractivity contribution in [3.05, 3.63) is 59.1 Å². The summed E-state index contributed by atoms with van der Waals surface area (Å²) in [7, 11) is 0. The number of rotatable bonds is 6. The average Bonchev–Trinajstić information content (AvgIpc) is 2.56. The van der Waals surface area contributed by atoms with Crippen LogP contribution in [-0.4, -0.2) is 17.9 Å². The Kier molecular flexibility index (Phi) is 6.56. The molecule has 2 rings (SSSR count). The lowest BCUT2D eigenvalue weighted by Crippen LogP contribution is -2.91. The molecular weight excluding hydrogens is 338 g/mol. The Morgan fingerprint density at radius 2 is 1.44 bits per heavy atom. The Morgan fingerprint density at radius 1 is 0.920 bits per heavy atom. The SMILES string of the molecule is CC(=O)Nc1ccc(NC(=O)[C@H](C)[NH2+][C@@H](C)c2ccc(Cl)cc2)cc1. The highest BCUT2D eigenvalue weighted by atomic mass is 35.5. The molecule has 5 nitrogen and oxygen atoms in total. The van der Waals surface area contributed by atoms with Gasteiger partial charge >= 0.3 is 0 Å². The number of hydrogen-bond acceptors (Lipinski definition) is 2. The summed E-state index contributed by atoms with van der Waals surface area (Å²) < 4.78 is 0. The first-order valence-corrected chi connectivity index (χ1v) is 8.52. The van der Waals surface area contributed by atoms with Crippen LogP contribution in [0, 0.1) is 0 Å². The second-order valence-corrected chi connectivity index (χ2v) is 6.51. The summed E-state index contributed by atoms with van der Waals surface area (Å²) in [6.45, 7) is 5.37. The Morgan fingerprint density at radius 3 is 1.96 bits per heavy atom. The minimum Gasteiger partial charge on any atom is -0.330 e. The van der Waals surface area contributed by atoms with E-state index in [4.69, 9.17) is 11.6 Å². The van der Waals surface area contributed by atoms with Gasteiger partial charge < -0.3 is 16.0 Å². The second kappa shape index (κ2) is 8.65. The third kappa shape index (κ3) is 5.89. The number of amides is 2. The zero-order valence-electron chi connectivity index (χ0n) is 14.5. The van der Waals surface area contributed by atoms with Gasteiger partial charge in [-0.25, -0.2) is 0 Å². The van der Waals surface area contributed by atoms with Crippen molar-refractivity contribution in [1.29, 1.82) is 0 Å². The van der Waals surface area contributed by atoms with E-state index in [0.717, 1.165) is 5.56 Å². The summed E-state index contributed by atoms with van der Waals surface area (Å²) in [5, 5.41) is 8.28. The maximum Gasteiger partial charge on any atom is 0.282 e. The Balaban J connectivity index is 1.91. The standard InChI is InChI=1S/C19H22ClN3O2/c1-12(15-4-6-16(20)7-5-15)21-13(2)19(25)23-18-10-8-17(9-11-18)22-14(3)24/h4-13,21H,1-3H3,(H,22,24)(H,23,25)/p+1/t12-,13-/m0/s1. The first-order valence-electron chi connectivity index (χ1n) is 8.14. The zero-order chi connectivity index (χ0) is 18.4. The molecule has 0 aliphatic heterocycles. The average molecular weight is 361 g/mol. The molecule has 2 amide bonds. The highest BCUT2D eigenvalue weighted by Gasteiger charge is 2.20. The summed E-state index contributed by atoms with van der Waals surface area (Å²) in [5.41, 5.74) is 2.50. The van der Waals surface area contributed by atoms with Crippen LogP contribution >= 0.6 is 11.6 Å². The number of nitrogens with two attached hydrogens (primary N) is 1. The lowest BCUT2D eigenvalue weighted by molar-refractivity contribution is -0.709. The van der Waals surface area contributed by atoms with Gasteiger partial charge in [-0.3, -0.25) is 9.59 Å². The molecule has 0 aliphatic rings. The number of carbonyl (C=O) groups is 2. The van der Waals surface area contributed by atoms with Crippen molar-refractivity contribution >= 4 is 34.8 Å². The van der Waals surface area contributed by atoms with E-state index >= 15 is 0 Å². The highest BCUT2D eigenvalue weighted by Crippen LogP contribution is 2.15. The zero-order valence-corrected chi connectivity index (χ0v) is 15.3. The maximum absolute atomic E-state index is 12.4. The van der Waals surface area contributed by atoms with E-state index in [9.17, 15) is 9.59 Å². The molecule has 2 aromatic rings. The number of benzene rings is 2. The van der Waals surface area contributed by atoms with Gasteiger partial charge in [-0.05, 0) is 50.2 Å². The molecule has 0 spiro atoms. The molecular formula is C19H23ClN3O2+. The van der Waals surface area contributed by atoms with Crippen LogP contribution in [0.2, 0.25) is 5.02 Å². The fourth-order valence-corrected chi connectivity index (χ4v) is 2.62. The lowest BCUT2D eigenvalue weighted by atomic mass is 10.1. The third-order valence-corrected chi connectivity index (χ3v) is 4.11. The minimum atomic E-state index is -0.249. The number of anilines is 2. The van der Waals surface area contributed by atoms with Gasteiger partial charge in [0.1, 0.15) is 6.04 Å². The van der Waals surface area contributed by atoms with Crippen LogP contribution in [0.1, 0.15) is 32.4 Å². The number of carbonyl (C=O) groups excluding carboxylic acids is 2. The number of halogens is 1. The molecule has 25 heavy (non-hydrogen) atoms. The summed E-state index contributed by atoms with van der Waals surface area (Å²) in [4.78, 5) is 23.4. The first-order chi connectivity index (χ1) is 11.8. The topological polar surface area (TPSA) is 74.8 Å². The molecule has 0 aromatic heterocycles. The largest absolute Gasteiger partial charge is 0.330 e. The van der Waals surface area contributed by atoms with Crippen molar-refractivity contribution in [3.8, 4) is 0 Å². The number of nitrogens with one attached hydrogen (secondary N) is 2. The van der Waals surface area contributed by atoms with Crippen molar-refractivity contribution < 1.29 is 14.9 Å². The van der Waals surface area contributed by atoms with E-state index in [2.05, 4.69) is 17.6 Å². The molecule has 6 heteroatoms. The van der Waals surface area contributed by atoms with Crippen molar-refractivity contribution in [2.24, 2.45) is 0 Å². The van der Waals surface area contributed by atoms with E-state index in [1.165, 1.54) is 6.92 Å². The highest BCUT2D eigenvalue weighted by molar-refractivity contribution is 6.30. The molecule has 4 N–H and O–H groups in total. The Bertz CT molecular complexity index is 729. The fourth-order valence-electron chi connectivity index (χ4n) is 2.49. The molecule has 0 saturated carbocycles. The Labute approximate surface area is 152 Å². The minimum absolute atomic E-state index is 0.0758. The van der Waals surface area contributed by atoms with Gasteiger partial charge in [-0.2, -0.15) is 0 Å². The van der Waals surface area contributed by atoms with Gasteiger partial charge in [-0.15, -0.1) is 0 Å². The maximum atomic E-state index is 12.4. The van der Waals surface area contributed by atoms with E-state index in [1.54, 1.807) is 24.3 Å². The van der Waals surface area contributed by atoms with E-state index in [1.807, 2.05) is 36.5 Å². The van der Waals surface area contributed by atoms with Crippen LogP contribution in [0.25, 0.3) is 0 Å². The monoisotopic (exact) mass is 360 g/mol. The van der Waals surface area contributed by atoms with Gasteiger partial charge in [0, 0.05) is 28.9 Å². The van der Waals surface area contributed by atoms with Gasteiger partial charge in [0.25, 0.3) is 5.91 Å². The van der Waals surface area contributed by atoms with Crippen LogP contribution < -0.4 is 16.0 Å². The molecule has 0 fully saturated rings.